The maximum atomic E-state index is 12.1. The zero-order chi connectivity index (χ0) is 13.1. The molecule has 0 spiro atoms. The normalized spacial score (nSPS) is 10.4. The van der Waals surface area contributed by atoms with Gasteiger partial charge >= 0.3 is 0 Å². The molecular formula is C14H13BrO3. The van der Waals surface area contributed by atoms with Crippen LogP contribution >= 0.6 is 15.9 Å². The van der Waals surface area contributed by atoms with Crippen LogP contribution in [-0.4, -0.2) is 12.4 Å². The molecule has 3 nitrogen and oxygen atoms in total. The van der Waals surface area contributed by atoms with Gasteiger partial charge in [-0.05, 0) is 60.1 Å². The number of carbonyl (C=O) groups is 1. The quantitative estimate of drug-likeness (QED) is 0.802. The molecule has 0 bridgehead atoms. The largest absolute Gasteiger partial charge is 0.493 e. The van der Waals surface area contributed by atoms with E-state index in [1.54, 1.807) is 30.3 Å². The van der Waals surface area contributed by atoms with Crippen LogP contribution in [0.15, 0.2) is 39.2 Å². The molecule has 4 heteroatoms. The monoisotopic (exact) mass is 308 g/mol. The summed E-state index contributed by atoms with van der Waals surface area (Å²) < 4.78 is 11.5. The number of halogens is 1. The number of ether oxygens (including phenoxy) is 1. The molecule has 18 heavy (non-hydrogen) atoms. The van der Waals surface area contributed by atoms with Crippen molar-refractivity contribution in [2.75, 3.05) is 6.61 Å². The highest BCUT2D eigenvalue weighted by Gasteiger charge is 2.14. The number of benzene rings is 1. The third-order valence-corrected chi connectivity index (χ3v) is 3.08. The molecule has 1 aromatic heterocycles. The first kappa shape index (κ1) is 12.9. The lowest BCUT2D eigenvalue weighted by atomic mass is 10.1. The number of furan rings is 1. The third kappa shape index (κ3) is 2.64. The average molecular weight is 309 g/mol. The first-order valence-electron chi connectivity index (χ1n) is 5.65. The van der Waals surface area contributed by atoms with Gasteiger partial charge < -0.3 is 9.15 Å². The van der Waals surface area contributed by atoms with Crippen molar-refractivity contribution in [2.24, 2.45) is 0 Å². The summed E-state index contributed by atoms with van der Waals surface area (Å²) >= 11 is 3.39. The summed E-state index contributed by atoms with van der Waals surface area (Å²) in [7, 11) is 0. The number of aryl methyl sites for hydroxylation is 1. The van der Waals surface area contributed by atoms with Crippen LogP contribution in [-0.2, 0) is 0 Å². The minimum atomic E-state index is -0.133. The number of ketones is 1. The topological polar surface area (TPSA) is 39.4 Å². The van der Waals surface area contributed by atoms with Crippen LogP contribution in [0, 0.1) is 6.92 Å². The molecule has 94 valence electrons. The number of carbonyl (C=O) groups excluding carboxylic acids is 1. The van der Waals surface area contributed by atoms with Gasteiger partial charge in [-0.2, -0.15) is 0 Å². The Kier molecular flexibility index (Phi) is 3.87. The molecule has 0 saturated carbocycles. The Balaban J connectivity index is 2.29. The van der Waals surface area contributed by atoms with Gasteiger partial charge in [0, 0.05) is 5.56 Å². The predicted molar refractivity (Wildman–Crippen MR) is 72.2 cm³/mol. The van der Waals surface area contributed by atoms with Crippen molar-refractivity contribution in [3.05, 3.63) is 51.9 Å². The van der Waals surface area contributed by atoms with Gasteiger partial charge in [-0.15, -0.1) is 0 Å². The van der Waals surface area contributed by atoms with Crippen molar-refractivity contribution >= 4 is 21.7 Å². The van der Waals surface area contributed by atoms with Crippen molar-refractivity contribution in [2.45, 2.75) is 13.8 Å². The van der Waals surface area contributed by atoms with Crippen molar-refractivity contribution in [1.29, 1.82) is 0 Å². The van der Waals surface area contributed by atoms with Crippen LogP contribution in [0.1, 0.15) is 28.8 Å². The predicted octanol–water partition coefficient (Wildman–Crippen LogP) is 3.98. The van der Waals surface area contributed by atoms with Gasteiger partial charge in [-0.1, -0.05) is 0 Å². The highest BCUT2D eigenvalue weighted by Crippen LogP contribution is 2.27. The van der Waals surface area contributed by atoms with Crippen LogP contribution in [0.25, 0.3) is 0 Å². The minimum Gasteiger partial charge on any atom is -0.493 e. The van der Waals surface area contributed by atoms with E-state index in [1.165, 1.54) is 0 Å². The second kappa shape index (κ2) is 5.40. The second-order valence-corrected chi connectivity index (χ2v) is 4.67. The van der Waals surface area contributed by atoms with Crippen molar-refractivity contribution in [3.8, 4) is 5.75 Å². The molecule has 0 N–H and O–H groups in total. The molecule has 1 heterocycles. The first-order chi connectivity index (χ1) is 8.61. The van der Waals surface area contributed by atoms with Crippen LogP contribution in [0.3, 0.4) is 0 Å². The lowest BCUT2D eigenvalue weighted by Gasteiger charge is -2.06. The van der Waals surface area contributed by atoms with E-state index < -0.39 is 0 Å². The molecule has 0 aliphatic heterocycles. The van der Waals surface area contributed by atoms with Gasteiger partial charge in [0.25, 0.3) is 0 Å². The summed E-state index contributed by atoms with van der Waals surface area (Å²) in [4.78, 5) is 12.1. The Morgan fingerprint density at radius 3 is 2.67 bits per heavy atom. The summed E-state index contributed by atoms with van der Waals surface area (Å²) in [6, 6.07) is 8.70. The van der Waals surface area contributed by atoms with Gasteiger partial charge in [-0.3, -0.25) is 4.79 Å². The van der Waals surface area contributed by atoms with E-state index in [2.05, 4.69) is 15.9 Å². The van der Waals surface area contributed by atoms with E-state index in [-0.39, 0.29) is 5.78 Å². The summed E-state index contributed by atoms with van der Waals surface area (Å²) in [5.74, 6) is 1.67. The molecule has 0 aliphatic rings. The fraction of sp³-hybridized carbons (Fsp3) is 0.214. The SMILES string of the molecule is CCOc1ccc(C(=O)c2ccc(C)o2)cc1Br. The minimum absolute atomic E-state index is 0.133. The van der Waals surface area contributed by atoms with Gasteiger partial charge in [0.2, 0.25) is 5.78 Å². The first-order valence-corrected chi connectivity index (χ1v) is 6.44. The zero-order valence-corrected chi connectivity index (χ0v) is 11.8. The van der Waals surface area contributed by atoms with Crippen LogP contribution in [0.2, 0.25) is 0 Å². The van der Waals surface area contributed by atoms with E-state index in [9.17, 15) is 4.79 Å². The maximum Gasteiger partial charge on any atom is 0.228 e. The highest BCUT2D eigenvalue weighted by atomic mass is 79.9. The fourth-order valence-corrected chi connectivity index (χ4v) is 2.11. The Morgan fingerprint density at radius 1 is 1.33 bits per heavy atom. The lowest BCUT2D eigenvalue weighted by Crippen LogP contribution is -2.00. The van der Waals surface area contributed by atoms with Crippen LogP contribution < -0.4 is 4.74 Å². The summed E-state index contributed by atoms with van der Waals surface area (Å²) in [5.41, 5.74) is 0.569. The van der Waals surface area contributed by atoms with E-state index in [0.29, 0.717) is 17.9 Å². The summed E-state index contributed by atoms with van der Waals surface area (Å²) in [6.07, 6.45) is 0. The Morgan fingerprint density at radius 2 is 2.11 bits per heavy atom. The van der Waals surface area contributed by atoms with Gasteiger partial charge in [0.1, 0.15) is 11.5 Å². The van der Waals surface area contributed by atoms with E-state index >= 15 is 0 Å². The molecule has 2 aromatic rings. The van der Waals surface area contributed by atoms with Gasteiger partial charge in [0.15, 0.2) is 5.76 Å². The molecule has 0 saturated heterocycles. The molecule has 2 rings (SSSR count). The van der Waals surface area contributed by atoms with Crippen LogP contribution in [0.5, 0.6) is 5.75 Å². The van der Waals surface area contributed by atoms with E-state index in [0.717, 1.165) is 16.0 Å². The van der Waals surface area contributed by atoms with E-state index in [4.69, 9.17) is 9.15 Å². The molecule has 0 aliphatic carbocycles. The zero-order valence-electron chi connectivity index (χ0n) is 10.2. The standard InChI is InChI=1S/C14H13BrO3/c1-3-17-12-7-5-10(8-11(12)15)14(16)13-6-4-9(2)18-13/h4-8H,3H2,1-2H3. The van der Waals surface area contributed by atoms with Crippen molar-refractivity contribution < 1.29 is 13.9 Å². The second-order valence-electron chi connectivity index (χ2n) is 3.82. The van der Waals surface area contributed by atoms with Gasteiger partial charge in [-0.25, -0.2) is 0 Å². The van der Waals surface area contributed by atoms with Crippen molar-refractivity contribution in [3.63, 3.8) is 0 Å². The number of hydrogen-bond acceptors (Lipinski definition) is 3. The highest BCUT2D eigenvalue weighted by molar-refractivity contribution is 9.10. The lowest BCUT2D eigenvalue weighted by molar-refractivity contribution is 0.101. The Bertz CT molecular complexity index is 572. The van der Waals surface area contributed by atoms with Crippen molar-refractivity contribution in [1.82, 2.24) is 0 Å². The Hall–Kier alpha value is -1.55. The smallest absolute Gasteiger partial charge is 0.228 e. The molecule has 0 atom stereocenters. The molecular weight excluding hydrogens is 296 g/mol. The number of hydrogen-bond donors (Lipinski definition) is 0. The number of rotatable bonds is 4. The average Bonchev–Trinajstić information content (AvgIpc) is 2.78. The van der Waals surface area contributed by atoms with Gasteiger partial charge in [0.05, 0.1) is 11.1 Å². The maximum absolute atomic E-state index is 12.1. The molecule has 0 amide bonds. The molecule has 0 radical (unpaired) electrons. The molecule has 0 unspecified atom stereocenters. The fourth-order valence-electron chi connectivity index (χ4n) is 1.61. The summed E-state index contributed by atoms with van der Waals surface area (Å²) in [5, 5.41) is 0. The van der Waals surface area contributed by atoms with Crippen LogP contribution in [0.4, 0.5) is 0 Å². The molecule has 0 fully saturated rings. The molecule has 1 aromatic carbocycles. The van der Waals surface area contributed by atoms with E-state index in [1.807, 2.05) is 13.8 Å². The summed E-state index contributed by atoms with van der Waals surface area (Å²) in [6.45, 7) is 4.31. The Labute approximate surface area is 114 Å². The third-order valence-electron chi connectivity index (χ3n) is 2.46.